The van der Waals surface area contributed by atoms with E-state index >= 15 is 0 Å². The van der Waals surface area contributed by atoms with E-state index in [0.29, 0.717) is 35.0 Å². The van der Waals surface area contributed by atoms with E-state index in [1.165, 1.54) is 0 Å². The molecule has 0 bridgehead atoms. The summed E-state index contributed by atoms with van der Waals surface area (Å²) in [5.41, 5.74) is 4.58. The van der Waals surface area contributed by atoms with Crippen LogP contribution in [-0.4, -0.2) is 39.6 Å². The summed E-state index contributed by atoms with van der Waals surface area (Å²) in [4.78, 5) is 20.3. The minimum Gasteiger partial charge on any atom is -0.490 e. The molecule has 3 aromatic rings. The molecule has 1 N–H and O–H groups in total. The Morgan fingerprint density at radius 2 is 2.09 bits per heavy atom. The zero-order chi connectivity index (χ0) is 23.4. The first kappa shape index (κ1) is 22.0. The fraction of sp³-hybridized carbons (Fsp3) is 0.292. The summed E-state index contributed by atoms with van der Waals surface area (Å²) in [6.45, 7) is 3.82. The molecule has 0 radical (unpaired) electrons. The maximum absolute atomic E-state index is 10.6. The van der Waals surface area contributed by atoms with Gasteiger partial charge in [-0.05, 0) is 50.5 Å². The van der Waals surface area contributed by atoms with Gasteiger partial charge < -0.3 is 19.2 Å². The van der Waals surface area contributed by atoms with E-state index < -0.39 is 5.97 Å². The molecule has 33 heavy (non-hydrogen) atoms. The Kier molecular flexibility index (Phi) is 6.36. The minimum atomic E-state index is -0.929. The van der Waals surface area contributed by atoms with Crippen LogP contribution in [0.25, 0.3) is 22.8 Å². The predicted molar refractivity (Wildman–Crippen MR) is 119 cm³/mol. The highest BCUT2D eigenvalue weighted by atomic mass is 16.6. The van der Waals surface area contributed by atoms with Crippen LogP contribution < -0.4 is 4.74 Å². The first-order valence-corrected chi connectivity index (χ1v) is 10.5. The predicted octanol–water partition coefficient (Wildman–Crippen LogP) is 4.20. The lowest BCUT2D eigenvalue weighted by Crippen LogP contribution is -2.06. The van der Waals surface area contributed by atoms with Crippen molar-refractivity contribution >= 4 is 11.7 Å². The number of ether oxygens (including phenoxy) is 1. The Balaban J connectivity index is 1.59. The lowest BCUT2D eigenvalue weighted by atomic mass is 10.0. The average molecular weight is 446 g/mol. The number of hydrogen-bond donors (Lipinski definition) is 1. The standard InChI is InChI=1S/C24H22N4O5/c1-14(2)32-21-9-6-15(12-16(21)13-25)24-26-23(28-33-24)19-5-3-4-18-17(19)7-8-20(18)27-31-11-10-22(29)30/h3-6,9,12,14H,7-8,10-11H2,1-2H3,(H,29,30)/b27-20+. The SMILES string of the molecule is CC(C)Oc1ccc(-c2nc(-c3cccc4c3CC/C4=N\OCCC(=O)O)no2)cc1C#N. The van der Waals surface area contributed by atoms with Gasteiger partial charge in [0.05, 0.1) is 23.8 Å². The highest BCUT2D eigenvalue weighted by Crippen LogP contribution is 2.33. The largest absolute Gasteiger partial charge is 0.490 e. The van der Waals surface area contributed by atoms with Gasteiger partial charge in [0.15, 0.2) is 0 Å². The van der Waals surface area contributed by atoms with Crippen molar-refractivity contribution in [2.75, 3.05) is 6.61 Å². The van der Waals surface area contributed by atoms with Crippen LogP contribution in [0, 0.1) is 11.3 Å². The second-order valence-electron chi connectivity index (χ2n) is 7.76. The number of hydrogen-bond acceptors (Lipinski definition) is 8. The third kappa shape index (κ3) is 4.85. The van der Waals surface area contributed by atoms with E-state index in [4.69, 9.17) is 19.2 Å². The van der Waals surface area contributed by atoms with Crippen molar-refractivity contribution in [3.63, 3.8) is 0 Å². The smallest absolute Gasteiger partial charge is 0.306 e. The first-order chi connectivity index (χ1) is 16.0. The van der Waals surface area contributed by atoms with Gasteiger partial charge in [-0.2, -0.15) is 10.2 Å². The molecular formula is C24H22N4O5. The lowest BCUT2D eigenvalue weighted by Gasteiger charge is -2.11. The maximum Gasteiger partial charge on any atom is 0.306 e. The molecule has 0 atom stereocenters. The number of oxime groups is 1. The van der Waals surface area contributed by atoms with E-state index in [9.17, 15) is 10.1 Å². The van der Waals surface area contributed by atoms with Gasteiger partial charge in [-0.25, -0.2) is 0 Å². The number of aliphatic carboxylic acids is 1. The van der Waals surface area contributed by atoms with Gasteiger partial charge in [0.1, 0.15) is 18.4 Å². The molecule has 1 heterocycles. The summed E-state index contributed by atoms with van der Waals surface area (Å²) in [7, 11) is 0. The van der Waals surface area contributed by atoms with Crippen LogP contribution in [0.4, 0.5) is 0 Å². The molecular weight excluding hydrogens is 424 g/mol. The molecule has 168 valence electrons. The van der Waals surface area contributed by atoms with Crippen LogP contribution in [0.1, 0.15) is 43.4 Å². The van der Waals surface area contributed by atoms with Crippen molar-refractivity contribution in [1.29, 1.82) is 5.26 Å². The molecule has 9 nitrogen and oxygen atoms in total. The van der Waals surface area contributed by atoms with Crippen molar-refractivity contribution < 1.29 is 24.0 Å². The molecule has 0 unspecified atom stereocenters. The summed E-state index contributed by atoms with van der Waals surface area (Å²) < 4.78 is 11.2. The highest BCUT2D eigenvalue weighted by molar-refractivity contribution is 6.05. The molecule has 4 rings (SSSR count). The van der Waals surface area contributed by atoms with E-state index in [2.05, 4.69) is 21.4 Å². The Morgan fingerprint density at radius 1 is 1.27 bits per heavy atom. The van der Waals surface area contributed by atoms with E-state index in [0.717, 1.165) is 28.8 Å². The molecule has 0 fully saturated rings. The molecule has 2 aromatic carbocycles. The van der Waals surface area contributed by atoms with Crippen LogP contribution in [-0.2, 0) is 16.1 Å². The molecule has 0 aliphatic heterocycles. The third-order valence-corrected chi connectivity index (χ3v) is 5.06. The van der Waals surface area contributed by atoms with Gasteiger partial charge in [0.2, 0.25) is 5.82 Å². The van der Waals surface area contributed by atoms with Gasteiger partial charge in [0, 0.05) is 16.7 Å². The molecule has 0 spiro atoms. The quantitative estimate of drug-likeness (QED) is 0.402. The summed E-state index contributed by atoms with van der Waals surface area (Å²) in [5.74, 6) is 0.324. The number of aromatic nitrogens is 2. The molecule has 1 aromatic heterocycles. The number of nitrogens with zero attached hydrogens (tertiary/aromatic N) is 4. The minimum absolute atomic E-state index is 0.0216. The lowest BCUT2D eigenvalue weighted by molar-refractivity contribution is -0.138. The second kappa shape index (κ2) is 9.53. The van der Waals surface area contributed by atoms with Gasteiger partial charge in [-0.1, -0.05) is 28.5 Å². The Morgan fingerprint density at radius 3 is 2.85 bits per heavy atom. The van der Waals surface area contributed by atoms with Crippen LogP contribution >= 0.6 is 0 Å². The van der Waals surface area contributed by atoms with E-state index in [-0.39, 0.29) is 19.1 Å². The van der Waals surface area contributed by atoms with Crippen molar-refractivity contribution in [1.82, 2.24) is 10.1 Å². The number of rotatable bonds is 8. The van der Waals surface area contributed by atoms with Crippen LogP contribution in [0.15, 0.2) is 46.1 Å². The number of fused-ring (bicyclic) bond motifs is 1. The van der Waals surface area contributed by atoms with E-state index in [1.54, 1.807) is 18.2 Å². The molecule has 0 saturated carbocycles. The monoisotopic (exact) mass is 446 g/mol. The Labute approximate surface area is 190 Å². The number of benzene rings is 2. The molecule has 0 amide bonds. The molecule has 0 saturated heterocycles. The zero-order valence-corrected chi connectivity index (χ0v) is 18.2. The fourth-order valence-corrected chi connectivity index (χ4v) is 3.62. The number of nitriles is 1. The van der Waals surface area contributed by atoms with Crippen LogP contribution in [0.5, 0.6) is 5.75 Å². The van der Waals surface area contributed by atoms with Crippen molar-refractivity contribution in [3.05, 3.63) is 53.1 Å². The van der Waals surface area contributed by atoms with E-state index in [1.807, 2.05) is 32.0 Å². The summed E-state index contributed by atoms with van der Waals surface area (Å²) in [6.07, 6.45) is 1.26. The highest BCUT2D eigenvalue weighted by Gasteiger charge is 2.24. The average Bonchev–Trinajstić information content (AvgIpc) is 3.44. The molecule has 1 aliphatic carbocycles. The number of carbonyl (C=O) groups is 1. The van der Waals surface area contributed by atoms with Gasteiger partial charge >= 0.3 is 5.97 Å². The van der Waals surface area contributed by atoms with Gasteiger partial charge in [-0.3, -0.25) is 4.79 Å². The fourth-order valence-electron chi connectivity index (χ4n) is 3.62. The van der Waals surface area contributed by atoms with Crippen molar-refractivity contribution in [2.45, 2.75) is 39.2 Å². The Hall–Kier alpha value is -4.19. The number of carboxylic acid groups (broad SMARTS) is 1. The summed E-state index contributed by atoms with van der Waals surface area (Å²) >= 11 is 0. The number of carboxylic acids is 1. The van der Waals surface area contributed by atoms with Crippen molar-refractivity contribution in [3.8, 4) is 34.7 Å². The van der Waals surface area contributed by atoms with Crippen LogP contribution in [0.2, 0.25) is 0 Å². The van der Waals surface area contributed by atoms with Gasteiger partial charge in [-0.15, -0.1) is 0 Å². The zero-order valence-electron chi connectivity index (χ0n) is 18.2. The molecule has 1 aliphatic rings. The Bertz CT molecular complexity index is 1260. The third-order valence-electron chi connectivity index (χ3n) is 5.06. The summed E-state index contributed by atoms with van der Waals surface area (Å²) in [6, 6.07) is 13.1. The van der Waals surface area contributed by atoms with Gasteiger partial charge in [0.25, 0.3) is 5.89 Å². The topological polar surface area (TPSA) is 131 Å². The summed E-state index contributed by atoms with van der Waals surface area (Å²) in [5, 5.41) is 26.5. The normalized spacial score (nSPS) is 13.7. The first-order valence-electron chi connectivity index (χ1n) is 10.5. The maximum atomic E-state index is 10.6. The van der Waals surface area contributed by atoms with Crippen LogP contribution in [0.3, 0.4) is 0 Å². The second-order valence-corrected chi connectivity index (χ2v) is 7.76. The van der Waals surface area contributed by atoms with Crippen molar-refractivity contribution in [2.24, 2.45) is 5.16 Å². The molecule has 9 heteroatoms.